The number of aromatic nitrogens is 3. The molecule has 7 nitrogen and oxygen atoms in total. The first-order chi connectivity index (χ1) is 9.52. The summed E-state index contributed by atoms with van der Waals surface area (Å²) in [6, 6.07) is -0.512. The molecule has 1 amide bonds. The molecule has 1 rings (SSSR count). The third kappa shape index (κ3) is 3.79. The van der Waals surface area contributed by atoms with Crippen molar-refractivity contribution in [3.63, 3.8) is 0 Å². The van der Waals surface area contributed by atoms with E-state index in [1.165, 1.54) is 4.68 Å². The van der Waals surface area contributed by atoms with E-state index in [0.717, 1.165) is 12.8 Å². The molecule has 0 saturated carbocycles. The minimum atomic E-state index is -0.519. The minimum absolute atomic E-state index is 0.137. The maximum Gasteiger partial charge on any atom is 0.360 e. The zero-order valence-electron chi connectivity index (χ0n) is 12.5. The zero-order valence-corrected chi connectivity index (χ0v) is 12.5. The van der Waals surface area contributed by atoms with Crippen molar-refractivity contribution >= 4 is 11.9 Å². The van der Waals surface area contributed by atoms with Crippen LogP contribution < -0.4 is 5.32 Å². The quantitative estimate of drug-likeness (QED) is 0.600. The molecule has 0 radical (unpaired) electrons. The number of carbonyl (C=O) groups excluding carboxylic acids is 2. The van der Waals surface area contributed by atoms with E-state index in [-0.39, 0.29) is 18.2 Å². The molecule has 0 fully saturated rings. The highest BCUT2D eigenvalue weighted by Crippen LogP contribution is 2.12. The van der Waals surface area contributed by atoms with Gasteiger partial charge < -0.3 is 10.1 Å². The number of esters is 1. The van der Waals surface area contributed by atoms with E-state index < -0.39 is 12.0 Å². The number of hydrogen-bond donors (Lipinski definition) is 1. The van der Waals surface area contributed by atoms with Crippen molar-refractivity contribution in [2.75, 3.05) is 13.2 Å². The molecule has 7 heteroatoms. The first-order valence-electron chi connectivity index (χ1n) is 6.89. The van der Waals surface area contributed by atoms with E-state index in [4.69, 9.17) is 4.74 Å². The topological polar surface area (TPSA) is 86.1 Å². The maximum absolute atomic E-state index is 12.0. The summed E-state index contributed by atoms with van der Waals surface area (Å²) in [5, 5.41) is 10.5. The van der Waals surface area contributed by atoms with Gasteiger partial charge >= 0.3 is 5.97 Å². The fraction of sp³-hybridized carbons (Fsp3) is 0.692. The Kier molecular flexibility index (Phi) is 6.14. The van der Waals surface area contributed by atoms with Crippen molar-refractivity contribution in [2.24, 2.45) is 0 Å². The molecule has 1 atom stereocenters. The van der Waals surface area contributed by atoms with Crippen molar-refractivity contribution in [3.05, 3.63) is 11.4 Å². The molecule has 20 heavy (non-hydrogen) atoms. The highest BCUT2D eigenvalue weighted by molar-refractivity contribution is 5.88. The molecular weight excluding hydrogens is 260 g/mol. The van der Waals surface area contributed by atoms with Gasteiger partial charge in [0.25, 0.3) is 0 Å². The molecule has 0 aliphatic heterocycles. The molecule has 1 unspecified atom stereocenters. The van der Waals surface area contributed by atoms with Crippen LogP contribution in [-0.4, -0.2) is 40.0 Å². The van der Waals surface area contributed by atoms with E-state index in [1.807, 2.05) is 0 Å². The molecule has 1 heterocycles. The van der Waals surface area contributed by atoms with Crippen molar-refractivity contribution in [3.8, 4) is 0 Å². The molecule has 0 bridgehead atoms. The summed E-state index contributed by atoms with van der Waals surface area (Å²) >= 11 is 0. The zero-order chi connectivity index (χ0) is 15.1. The number of ether oxygens (including phenoxy) is 1. The van der Waals surface area contributed by atoms with Gasteiger partial charge in [-0.05, 0) is 27.2 Å². The fourth-order valence-electron chi connectivity index (χ4n) is 1.74. The third-order valence-electron chi connectivity index (χ3n) is 2.97. The Balaban J connectivity index is 2.76. The third-order valence-corrected chi connectivity index (χ3v) is 2.97. The molecule has 0 spiro atoms. The minimum Gasteiger partial charge on any atom is -0.461 e. The van der Waals surface area contributed by atoms with Crippen LogP contribution in [0, 0.1) is 6.92 Å². The molecule has 0 saturated heterocycles. The highest BCUT2D eigenvalue weighted by Gasteiger charge is 2.23. The van der Waals surface area contributed by atoms with Crippen LogP contribution in [0.15, 0.2) is 0 Å². The Labute approximate surface area is 118 Å². The first kappa shape index (κ1) is 16.1. The monoisotopic (exact) mass is 282 g/mol. The fourth-order valence-corrected chi connectivity index (χ4v) is 1.74. The van der Waals surface area contributed by atoms with Crippen LogP contribution in [0.5, 0.6) is 0 Å². The van der Waals surface area contributed by atoms with E-state index in [0.29, 0.717) is 12.2 Å². The number of amides is 1. The molecule has 112 valence electrons. The number of rotatable bonds is 7. The van der Waals surface area contributed by atoms with Crippen LogP contribution in [0.2, 0.25) is 0 Å². The van der Waals surface area contributed by atoms with Gasteiger partial charge in [0.1, 0.15) is 6.04 Å². The first-order valence-corrected chi connectivity index (χ1v) is 6.89. The summed E-state index contributed by atoms with van der Waals surface area (Å²) in [4.78, 5) is 23.6. The van der Waals surface area contributed by atoms with Crippen LogP contribution in [0.25, 0.3) is 0 Å². The summed E-state index contributed by atoms with van der Waals surface area (Å²) in [6.07, 6.45) is 1.95. The number of unbranched alkanes of at least 4 members (excludes halogenated alkanes) is 1. The van der Waals surface area contributed by atoms with Crippen molar-refractivity contribution in [1.29, 1.82) is 0 Å². The van der Waals surface area contributed by atoms with Crippen LogP contribution in [0.4, 0.5) is 0 Å². The van der Waals surface area contributed by atoms with Gasteiger partial charge in [0.15, 0.2) is 5.69 Å². The van der Waals surface area contributed by atoms with Crippen LogP contribution in [-0.2, 0) is 9.53 Å². The van der Waals surface area contributed by atoms with Gasteiger partial charge in [-0.25, -0.2) is 9.48 Å². The number of carbonyl (C=O) groups is 2. The maximum atomic E-state index is 12.0. The predicted octanol–water partition coefficient (Wildman–Crippen LogP) is 1.24. The van der Waals surface area contributed by atoms with Crippen molar-refractivity contribution in [1.82, 2.24) is 20.3 Å². The van der Waals surface area contributed by atoms with E-state index in [9.17, 15) is 9.59 Å². The van der Waals surface area contributed by atoms with E-state index in [2.05, 4.69) is 22.6 Å². The summed E-state index contributed by atoms with van der Waals surface area (Å²) in [7, 11) is 0. The van der Waals surface area contributed by atoms with E-state index in [1.54, 1.807) is 20.8 Å². The molecule has 1 aromatic heterocycles. The van der Waals surface area contributed by atoms with Gasteiger partial charge in [-0.2, -0.15) is 0 Å². The lowest BCUT2D eigenvalue weighted by Crippen LogP contribution is -2.32. The number of nitrogens with zero attached hydrogens (tertiary/aromatic N) is 3. The largest absolute Gasteiger partial charge is 0.461 e. The second-order valence-corrected chi connectivity index (χ2v) is 4.51. The Bertz CT molecular complexity index is 470. The Morgan fingerprint density at radius 2 is 2.10 bits per heavy atom. The Hall–Kier alpha value is -1.92. The van der Waals surface area contributed by atoms with Crippen LogP contribution >= 0.6 is 0 Å². The molecule has 1 N–H and O–H groups in total. The van der Waals surface area contributed by atoms with Crippen LogP contribution in [0.3, 0.4) is 0 Å². The lowest BCUT2D eigenvalue weighted by Gasteiger charge is -2.13. The Morgan fingerprint density at radius 3 is 2.70 bits per heavy atom. The van der Waals surface area contributed by atoms with Gasteiger partial charge in [-0.1, -0.05) is 18.6 Å². The molecule has 0 aliphatic rings. The van der Waals surface area contributed by atoms with Crippen LogP contribution in [0.1, 0.15) is 55.8 Å². The predicted molar refractivity (Wildman–Crippen MR) is 73.3 cm³/mol. The van der Waals surface area contributed by atoms with Gasteiger partial charge in [0.2, 0.25) is 5.91 Å². The SMILES string of the molecule is CCCCNC(=O)C(C)n1nnc(C(=O)OCC)c1C. The summed E-state index contributed by atoms with van der Waals surface area (Å²) in [6.45, 7) is 8.11. The summed E-state index contributed by atoms with van der Waals surface area (Å²) < 4.78 is 6.32. The average molecular weight is 282 g/mol. The molecular formula is C13H22N4O3. The van der Waals surface area contributed by atoms with Gasteiger partial charge in [-0.3, -0.25) is 4.79 Å². The summed E-state index contributed by atoms with van der Waals surface area (Å²) in [5.74, 6) is -0.656. The van der Waals surface area contributed by atoms with Crippen molar-refractivity contribution < 1.29 is 14.3 Å². The molecule has 0 aromatic carbocycles. The molecule has 0 aliphatic carbocycles. The summed E-state index contributed by atoms with van der Waals surface area (Å²) in [5.41, 5.74) is 0.682. The lowest BCUT2D eigenvalue weighted by atomic mass is 10.2. The van der Waals surface area contributed by atoms with Gasteiger partial charge in [0, 0.05) is 6.54 Å². The van der Waals surface area contributed by atoms with Gasteiger partial charge in [-0.15, -0.1) is 5.10 Å². The number of nitrogens with one attached hydrogen (secondary N) is 1. The molecule has 1 aromatic rings. The standard InChI is InChI=1S/C13H22N4O3/c1-5-7-8-14-12(18)10(4)17-9(3)11(15-16-17)13(19)20-6-2/h10H,5-8H2,1-4H3,(H,14,18). The second kappa shape index (κ2) is 7.62. The van der Waals surface area contributed by atoms with E-state index >= 15 is 0 Å². The van der Waals surface area contributed by atoms with Gasteiger partial charge in [0.05, 0.1) is 12.3 Å². The smallest absolute Gasteiger partial charge is 0.360 e. The normalized spacial score (nSPS) is 12.0. The van der Waals surface area contributed by atoms with Crippen molar-refractivity contribution in [2.45, 2.75) is 46.6 Å². The lowest BCUT2D eigenvalue weighted by molar-refractivity contribution is -0.124. The Morgan fingerprint density at radius 1 is 1.40 bits per heavy atom. The average Bonchev–Trinajstić information content (AvgIpc) is 2.80. The number of hydrogen-bond acceptors (Lipinski definition) is 5. The second-order valence-electron chi connectivity index (χ2n) is 4.51. The highest BCUT2D eigenvalue weighted by atomic mass is 16.5.